The lowest BCUT2D eigenvalue weighted by Crippen LogP contribution is -2.67. The first-order valence-electron chi connectivity index (χ1n) is 14.8. The van der Waals surface area contributed by atoms with E-state index in [-0.39, 0.29) is 0 Å². The standard InChI is InChI=1S/C30H44N2O16/c1-15(33)41-14-20-22(42-16(2)34)23(43-17(3)35)24(44-18(4)36)26(45-20)46-21-13-12-19(25(37)40-11)31(27(38)47-29(5,6)7)32(21)28(39)48-30(8,9)10/h12-13,19-24,26H,14H2,1-11H3/t19-,20+,21-,22+,23-,24+,26-/m0/s1. The van der Waals surface area contributed by atoms with Crippen molar-refractivity contribution in [3.63, 3.8) is 0 Å². The molecule has 0 unspecified atom stereocenters. The van der Waals surface area contributed by atoms with Crippen molar-refractivity contribution in [3.8, 4) is 0 Å². The Bertz CT molecular complexity index is 1270. The van der Waals surface area contributed by atoms with Crippen molar-refractivity contribution in [1.82, 2.24) is 10.0 Å². The Balaban J connectivity index is 2.75. The van der Waals surface area contributed by atoms with Crippen LogP contribution < -0.4 is 0 Å². The van der Waals surface area contributed by atoms with Gasteiger partial charge in [0.05, 0.1) is 7.11 Å². The first-order chi connectivity index (χ1) is 22.0. The largest absolute Gasteiger partial charge is 0.467 e. The van der Waals surface area contributed by atoms with E-state index in [0.29, 0.717) is 10.0 Å². The Morgan fingerprint density at radius 2 is 1.15 bits per heavy atom. The van der Waals surface area contributed by atoms with Gasteiger partial charge in [0.15, 0.2) is 30.6 Å². The maximum absolute atomic E-state index is 13.8. The molecule has 270 valence electrons. The van der Waals surface area contributed by atoms with Crippen LogP contribution in [0.25, 0.3) is 0 Å². The number of carbonyl (C=O) groups excluding carboxylic acids is 7. The average Bonchev–Trinajstić information content (AvgIpc) is 2.91. The minimum absolute atomic E-state index is 0.553. The molecule has 0 aromatic heterocycles. The van der Waals surface area contributed by atoms with Gasteiger partial charge in [0.25, 0.3) is 0 Å². The lowest BCUT2D eigenvalue weighted by molar-refractivity contribution is -0.328. The summed E-state index contributed by atoms with van der Waals surface area (Å²) in [4.78, 5) is 88.5. The Kier molecular flexibility index (Phi) is 13.3. The van der Waals surface area contributed by atoms with Crippen LogP contribution >= 0.6 is 0 Å². The third-order valence-electron chi connectivity index (χ3n) is 6.02. The number of hydrogen-bond acceptors (Lipinski definition) is 16. The van der Waals surface area contributed by atoms with E-state index in [9.17, 15) is 33.6 Å². The summed E-state index contributed by atoms with van der Waals surface area (Å²) < 4.78 is 49.3. The second-order valence-corrected chi connectivity index (χ2v) is 12.6. The average molecular weight is 689 g/mol. The van der Waals surface area contributed by atoms with Crippen LogP contribution in [-0.4, -0.2) is 120 Å². The topological polar surface area (TPSA) is 209 Å². The molecule has 0 N–H and O–H groups in total. The fraction of sp³-hybridized carbons (Fsp3) is 0.700. The summed E-state index contributed by atoms with van der Waals surface area (Å²) in [6.07, 6.45) is -9.58. The maximum Gasteiger partial charge on any atom is 0.432 e. The number of amides is 2. The number of esters is 5. The molecule has 0 saturated carbocycles. The van der Waals surface area contributed by atoms with E-state index in [1.807, 2.05) is 0 Å². The van der Waals surface area contributed by atoms with Gasteiger partial charge in [-0.15, -0.1) is 0 Å². The van der Waals surface area contributed by atoms with Crippen LogP contribution in [0.4, 0.5) is 9.59 Å². The minimum atomic E-state index is -1.78. The Labute approximate surface area is 277 Å². The Hall–Kier alpha value is -4.45. The molecule has 18 nitrogen and oxygen atoms in total. The number of ether oxygens (including phenoxy) is 9. The monoisotopic (exact) mass is 688 g/mol. The van der Waals surface area contributed by atoms with Crippen molar-refractivity contribution in [1.29, 1.82) is 0 Å². The molecule has 0 bridgehead atoms. The van der Waals surface area contributed by atoms with Crippen LogP contribution in [-0.2, 0) is 66.6 Å². The summed E-state index contributed by atoms with van der Waals surface area (Å²) in [5, 5.41) is 1.26. The third-order valence-corrected chi connectivity index (χ3v) is 6.02. The Morgan fingerprint density at radius 1 is 0.667 bits per heavy atom. The summed E-state index contributed by atoms with van der Waals surface area (Å²) in [7, 11) is 1.07. The molecule has 2 amide bonds. The normalized spacial score (nSPS) is 25.7. The van der Waals surface area contributed by atoms with Crippen LogP contribution in [0.3, 0.4) is 0 Å². The van der Waals surface area contributed by atoms with E-state index in [1.54, 1.807) is 41.5 Å². The highest BCUT2D eigenvalue weighted by Crippen LogP contribution is 2.33. The molecule has 1 fully saturated rings. The summed E-state index contributed by atoms with van der Waals surface area (Å²) >= 11 is 0. The van der Waals surface area contributed by atoms with Crippen LogP contribution in [0.15, 0.2) is 12.2 Å². The lowest BCUT2D eigenvalue weighted by atomic mass is 9.98. The van der Waals surface area contributed by atoms with Crippen molar-refractivity contribution in [2.45, 2.75) is 123 Å². The molecule has 2 heterocycles. The van der Waals surface area contributed by atoms with E-state index in [2.05, 4.69) is 0 Å². The van der Waals surface area contributed by atoms with Gasteiger partial charge in [-0.1, -0.05) is 0 Å². The fourth-order valence-electron chi connectivity index (χ4n) is 4.47. The van der Waals surface area contributed by atoms with Gasteiger partial charge < -0.3 is 42.6 Å². The SMILES string of the molecule is COC(=O)[C@@H]1C=C[C@H](O[C@@H]2O[C@H](COC(C)=O)[C@@H](OC(C)=O)[C@H](OC(C)=O)[C@H]2OC(C)=O)N(C(=O)OC(C)(C)C)N1C(=O)OC(C)(C)C. The molecule has 7 atom stereocenters. The minimum Gasteiger partial charge on any atom is -0.467 e. The van der Waals surface area contributed by atoms with Gasteiger partial charge in [-0.25, -0.2) is 14.4 Å². The van der Waals surface area contributed by atoms with E-state index < -0.39 is 103 Å². The highest BCUT2D eigenvalue weighted by Gasteiger charge is 2.55. The summed E-state index contributed by atoms with van der Waals surface area (Å²) in [5.74, 6) is -4.33. The molecule has 0 spiro atoms. The molecule has 18 heteroatoms. The van der Waals surface area contributed by atoms with Crippen LogP contribution in [0, 0.1) is 0 Å². The maximum atomic E-state index is 13.8. The van der Waals surface area contributed by atoms with E-state index in [4.69, 9.17) is 42.6 Å². The smallest absolute Gasteiger partial charge is 0.432 e. The molecule has 2 aliphatic heterocycles. The van der Waals surface area contributed by atoms with Gasteiger partial charge in [-0.2, -0.15) is 10.0 Å². The van der Waals surface area contributed by atoms with Gasteiger partial charge in [0, 0.05) is 27.7 Å². The summed E-state index contributed by atoms with van der Waals surface area (Å²) in [5.41, 5.74) is -2.23. The molecule has 0 radical (unpaired) electrons. The van der Waals surface area contributed by atoms with Gasteiger partial charge in [0.1, 0.15) is 23.9 Å². The second kappa shape index (κ2) is 16.1. The first-order valence-corrected chi connectivity index (χ1v) is 14.8. The molecule has 48 heavy (non-hydrogen) atoms. The predicted molar refractivity (Wildman–Crippen MR) is 158 cm³/mol. The molecular weight excluding hydrogens is 644 g/mol. The van der Waals surface area contributed by atoms with E-state index in [0.717, 1.165) is 34.8 Å². The van der Waals surface area contributed by atoms with E-state index >= 15 is 0 Å². The zero-order valence-electron chi connectivity index (χ0n) is 28.8. The number of methoxy groups -OCH3 is 1. The quantitative estimate of drug-likeness (QED) is 0.203. The van der Waals surface area contributed by atoms with Gasteiger partial charge >= 0.3 is 42.0 Å². The summed E-state index contributed by atoms with van der Waals surface area (Å²) in [6.45, 7) is 13.0. The highest BCUT2D eigenvalue weighted by atomic mass is 16.7. The Morgan fingerprint density at radius 3 is 1.60 bits per heavy atom. The van der Waals surface area contributed by atoms with Crippen LogP contribution in [0.5, 0.6) is 0 Å². The number of nitrogens with zero attached hydrogens (tertiary/aromatic N) is 2. The van der Waals surface area contributed by atoms with Crippen LogP contribution in [0.1, 0.15) is 69.2 Å². The molecule has 1 saturated heterocycles. The molecule has 2 rings (SSSR count). The lowest BCUT2D eigenvalue weighted by Gasteiger charge is -2.47. The molecule has 0 aromatic carbocycles. The van der Waals surface area contributed by atoms with Crippen molar-refractivity contribution in [2.24, 2.45) is 0 Å². The fourth-order valence-corrected chi connectivity index (χ4v) is 4.47. The zero-order chi connectivity index (χ0) is 36.7. The van der Waals surface area contributed by atoms with Crippen LogP contribution in [0.2, 0.25) is 0 Å². The second-order valence-electron chi connectivity index (χ2n) is 12.6. The number of carbonyl (C=O) groups is 7. The van der Waals surface area contributed by atoms with Gasteiger partial charge in [0.2, 0.25) is 6.29 Å². The first kappa shape index (κ1) is 39.7. The zero-order valence-corrected chi connectivity index (χ0v) is 28.8. The van der Waals surface area contributed by atoms with Crippen molar-refractivity contribution < 1.29 is 76.2 Å². The number of hydrazine groups is 1. The number of rotatable bonds is 8. The molecular formula is C30H44N2O16. The highest BCUT2D eigenvalue weighted by molar-refractivity contribution is 5.85. The van der Waals surface area contributed by atoms with Crippen molar-refractivity contribution in [2.75, 3.05) is 13.7 Å². The predicted octanol–water partition coefficient (Wildman–Crippen LogP) is 1.91. The van der Waals surface area contributed by atoms with Gasteiger partial charge in [-0.3, -0.25) is 19.2 Å². The molecule has 2 aliphatic rings. The van der Waals surface area contributed by atoms with Crippen molar-refractivity contribution in [3.05, 3.63) is 12.2 Å². The molecule has 0 aromatic rings. The van der Waals surface area contributed by atoms with E-state index in [1.165, 1.54) is 12.2 Å². The molecule has 0 aliphatic carbocycles. The van der Waals surface area contributed by atoms with Crippen molar-refractivity contribution >= 4 is 42.0 Å². The van der Waals surface area contributed by atoms with Gasteiger partial charge in [-0.05, 0) is 53.7 Å². The summed E-state index contributed by atoms with van der Waals surface area (Å²) in [6, 6.07) is -1.55. The number of hydrogen-bond donors (Lipinski definition) is 0. The third kappa shape index (κ3) is 11.4.